The number of carbonyl (C=O) groups is 1. The number of aliphatic hydroxyl groups excluding tert-OH is 1. The van der Waals surface area contributed by atoms with Crippen LogP contribution in [0.5, 0.6) is 5.75 Å². The van der Waals surface area contributed by atoms with Crippen molar-refractivity contribution in [2.75, 3.05) is 18.6 Å². The van der Waals surface area contributed by atoms with E-state index in [-0.39, 0.29) is 18.6 Å². The number of amides is 1. The summed E-state index contributed by atoms with van der Waals surface area (Å²) in [6.07, 6.45) is 0.660. The zero-order valence-electron chi connectivity index (χ0n) is 13.4. The van der Waals surface area contributed by atoms with E-state index in [0.29, 0.717) is 6.42 Å². The van der Waals surface area contributed by atoms with Crippen molar-refractivity contribution in [3.8, 4) is 5.75 Å². The lowest BCUT2D eigenvalue weighted by molar-refractivity contribution is -0.134. The first-order valence-corrected chi connectivity index (χ1v) is 7.83. The molecule has 0 aromatic heterocycles. The van der Waals surface area contributed by atoms with Gasteiger partial charge in [0.2, 0.25) is 5.91 Å². The zero-order valence-corrected chi connectivity index (χ0v) is 13.4. The molecule has 1 N–H and O–H groups in total. The van der Waals surface area contributed by atoms with E-state index in [0.717, 1.165) is 17.0 Å². The molecule has 0 radical (unpaired) electrons. The Morgan fingerprint density at radius 1 is 1.13 bits per heavy atom. The summed E-state index contributed by atoms with van der Waals surface area (Å²) in [5.74, 6) is 0.780. The summed E-state index contributed by atoms with van der Waals surface area (Å²) in [5, 5.41) is 9.95. The second-order valence-electron chi connectivity index (χ2n) is 5.76. The van der Waals surface area contributed by atoms with Crippen molar-refractivity contribution in [3.05, 3.63) is 60.2 Å². The molecule has 0 unspecified atom stereocenters. The number of β-lactam (4-membered cyclic amide) rings is 1. The molecule has 4 heteroatoms. The number of carbonyl (C=O) groups excluding carboxylic acids is 1. The first-order valence-electron chi connectivity index (χ1n) is 7.83. The molecule has 0 saturated carbocycles. The number of ether oxygens (including phenoxy) is 1. The van der Waals surface area contributed by atoms with Gasteiger partial charge in [0, 0.05) is 5.69 Å². The molecular weight excluding hydrogens is 290 g/mol. The topological polar surface area (TPSA) is 49.8 Å². The van der Waals surface area contributed by atoms with E-state index in [4.69, 9.17) is 4.74 Å². The van der Waals surface area contributed by atoms with Gasteiger partial charge in [0.25, 0.3) is 0 Å². The Bertz CT molecular complexity index is 684. The van der Waals surface area contributed by atoms with Crippen molar-refractivity contribution in [2.24, 2.45) is 0 Å². The monoisotopic (exact) mass is 311 g/mol. The molecule has 0 spiro atoms. The van der Waals surface area contributed by atoms with Crippen molar-refractivity contribution in [1.29, 1.82) is 0 Å². The van der Waals surface area contributed by atoms with Gasteiger partial charge in [-0.3, -0.25) is 4.79 Å². The summed E-state index contributed by atoms with van der Waals surface area (Å²) in [4.78, 5) is 14.7. The van der Waals surface area contributed by atoms with Crippen LogP contribution in [0.15, 0.2) is 54.6 Å². The Hall–Kier alpha value is -2.33. The van der Waals surface area contributed by atoms with Crippen LogP contribution in [0.25, 0.3) is 0 Å². The van der Waals surface area contributed by atoms with Crippen LogP contribution in [0.1, 0.15) is 18.9 Å². The molecule has 1 fully saturated rings. The van der Waals surface area contributed by atoms with Gasteiger partial charge in [0.15, 0.2) is 0 Å². The van der Waals surface area contributed by atoms with E-state index in [2.05, 4.69) is 0 Å². The molecule has 120 valence electrons. The molecular formula is C19H21NO3. The highest BCUT2D eigenvalue weighted by atomic mass is 16.5. The number of nitrogens with zero attached hydrogens (tertiary/aromatic N) is 1. The van der Waals surface area contributed by atoms with Crippen LogP contribution in [-0.2, 0) is 10.2 Å². The molecule has 4 nitrogen and oxygen atoms in total. The maximum Gasteiger partial charge on any atom is 0.240 e. The van der Waals surface area contributed by atoms with Crippen LogP contribution >= 0.6 is 0 Å². The maximum absolute atomic E-state index is 13.0. The second-order valence-corrected chi connectivity index (χ2v) is 5.76. The number of hydrogen-bond acceptors (Lipinski definition) is 3. The van der Waals surface area contributed by atoms with Crippen molar-refractivity contribution in [3.63, 3.8) is 0 Å². The van der Waals surface area contributed by atoms with Crippen LogP contribution in [0.3, 0.4) is 0 Å². The average molecular weight is 311 g/mol. The maximum atomic E-state index is 13.0. The van der Waals surface area contributed by atoms with E-state index in [1.807, 2.05) is 61.5 Å². The molecule has 2 atom stereocenters. The molecule has 0 bridgehead atoms. The van der Waals surface area contributed by atoms with Crippen LogP contribution in [0, 0.1) is 0 Å². The fraction of sp³-hybridized carbons (Fsp3) is 0.316. The third-order valence-electron chi connectivity index (χ3n) is 4.85. The third-order valence-corrected chi connectivity index (χ3v) is 4.85. The average Bonchev–Trinajstić information content (AvgIpc) is 2.61. The fourth-order valence-electron chi connectivity index (χ4n) is 3.57. The molecule has 23 heavy (non-hydrogen) atoms. The second kappa shape index (κ2) is 6.05. The highest BCUT2D eigenvalue weighted by molar-refractivity contribution is 6.10. The number of benzene rings is 2. The summed E-state index contributed by atoms with van der Waals surface area (Å²) in [6, 6.07) is 16.8. The highest BCUT2D eigenvalue weighted by Crippen LogP contribution is 2.47. The number of methoxy groups -OCH3 is 1. The van der Waals surface area contributed by atoms with Gasteiger partial charge in [-0.1, -0.05) is 37.3 Å². The van der Waals surface area contributed by atoms with Gasteiger partial charge in [0.05, 0.1) is 25.2 Å². The first-order chi connectivity index (χ1) is 11.2. The standard InChI is InChI=1S/C19H21NO3/c1-3-19(14-7-5-4-6-8-14)17(13-21)20(18(19)22)15-9-11-16(23-2)12-10-15/h4-12,17,21H,3,13H2,1-2H3/t17-,19+/m0/s1. The summed E-state index contributed by atoms with van der Waals surface area (Å²) >= 11 is 0. The lowest BCUT2D eigenvalue weighted by Gasteiger charge is -2.55. The SMILES string of the molecule is CC[C@]1(c2ccccc2)C(=O)N(c2ccc(OC)cc2)[C@H]1CO. The van der Waals surface area contributed by atoms with Gasteiger partial charge >= 0.3 is 0 Å². The zero-order chi connectivity index (χ0) is 16.4. The van der Waals surface area contributed by atoms with Crippen LogP contribution in [0.2, 0.25) is 0 Å². The largest absolute Gasteiger partial charge is 0.497 e. The Labute approximate surface area is 136 Å². The van der Waals surface area contributed by atoms with E-state index in [9.17, 15) is 9.90 Å². The van der Waals surface area contributed by atoms with Gasteiger partial charge in [-0.15, -0.1) is 0 Å². The number of aliphatic hydroxyl groups is 1. The molecule has 3 rings (SSSR count). The lowest BCUT2D eigenvalue weighted by atomic mass is 9.64. The number of hydrogen-bond donors (Lipinski definition) is 1. The van der Waals surface area contributed by atoms with Gasteiger partial charge in [-0.25, -0.2) is 0 Å². The Morgan fingerprint density at radius 3 is 2.30 bits per heavy atom. The fourth-order valence-corrected chi connectivity index (χ4v) is 3.57. The Morgan fingerprint density at radius 2 is 1.78 bits per heavy atom. The quantitative estimate of drug-likeness (QED) is 0.864. The van der Waals surface area contributed by atoms with Gasteiger partial charge in [-0.2, -0.15) is 0 Å². The molecule has 2 aromatic rings. The Kier molecular flexibility index (Phi) is 4.09. The van der Waals surface area contributed by atoms with Crippen LogP contribution < -0.4 is 9.64 Å². The predicted octanol–water partition coefficient (Wildman–Crippen LogP) is 2.75. The molecule has 1 heterocycles. The normalized spacial score (nSPS) is 23.5. The minimum absolute atomic E-state index is 0.0374. The number of anilines is 1. The van der Waals surface area contributed by atoms with Crippen molar-refractivity contribution >= 4 is 11.6 Å². The molecule has 1 aliphatic heterocycles. The highest BCUT2D eigenvalue weighted by Gasteiger charge is 2.60. The van der Waals surface area contributed by atoms with E-state index in [1.54, 1.807) is 12.0 Å². The minimum atomic E-state index is -0.643. The van der Waals surface area contributed by atoms with E-state index < -0.39 is 5.41 Å². The molecule has 1 amide bonds. The van der Waals surface area contributed by atoms with E-state index in [1.165, 1.54) is 0 Å². The van der Waals surface area contributed by atoms with Crippen molar-refractivity contribution in [1.82, 2.24) is 0 Å². The van der Waals surface area contributed by atoms with Crippen molar-refractivity contribution < 1.29 is 14.6 Å². The van der Waals surface area contributed by atoms with Gasteiger partial charge in [0.1, 0.15) is 5.75 Å². The summed E-state index contributed by atoms with van der Waals surface area (Å²) < 4.78 is 5.16. The van der Waals surface area contributed by atoms with Gasteiger partial charge < -0.3 is 14.7 Å². The smallest absolute Gasteiger partial charge is 0.240 e. The summed E-state index contributed by atoms with van der Waals surface area (Å²) in [5.41, 5.74) is 1.11. The van der Waals surface area contributed by atoms with Crippen LogP contribution in [0.4, 0.5) is 5.69 Å². The van der Waals surface area contributed by atoms with Gasteiger partial charge in [-0.05, 0) is 36.2 Å². The molecule has 0 aliphatic carbocycles. The first kappa shape index (κ1) is 15.6. The summed E-state index contributed by atoms with van der Waals surface area (Å²) in [7, 11) is 1.61. The predicted molar refractivity (Wildman–Crippen MR) is 89.8 cm³/mol. The number of rotatable bonds is 5. The molecule has 1 saturated heterocycles. The van der Waals surface area contributed by atoms with Crippen molar-refractivity contribution in [2.45, 2.75) is 24.8 Å². The summed E-state index contributed by atoms with van der Waals surface area (Å²) in [6.45, 7) is 1.93. The lowest BCUT2D eigenvalue weighted by Crippen LogP contribution is -2.73. The van der Waals surface area contributed by atoms with Crippen LogP contribution in [-0.4, -0.2) is 30.8 Å². The van der Waals surface area contributed by atoms with E-state index >= 15 is 0 Å². The third kappa shape index (κ3) is 2.21. The Balaban J connectivity index is 1.98. The molecule has 2 aromatic carbocycles. The molecule has 1 aliphatic rings. The minimum Gasteiger partial charge on any atom is -0.497 e.